The van der Waals surface area contributed by atoms with Gasteiger partial charge in [0.15, 0.2) is 17.3 Å². The minimum atomic E-state index is -2.39. The molecule has 2 aliphatic heterocycles. The number of fused-ring (bicyclic) bond motifs is 3. The largest absolute Gasteiger partial charge is 0.324 e. The first kappa shape index (κ1) is 25.6. The highest BCUT2D eigenvalue weighted by Gasteiger charge is 2.38. The smallest absolute Gasteiger partial charge is 0.229 e. The average Bonchev–Trinajstić information content (AvgIpc) is 3.69. The van der Waals surface area contributed by atoms with Gasteiger partial charge in [0.2, 0.25) is 5.95 Å². The van der Waals surface area contributed by atoms with E-state index in [1.54, 1.807) is 41.5 Å². The van der Waals surface area contributed by atoms with Gasteiger partial charge in [-0.3, -0.25) is 4.57 Å². The lowest BCUT2D eigenvalue weighted by Crippen LogP contribution is -2.39. The van der Waals surface area contributed by atoms with Gasteiger partial charge in [0.05, 0.1) is 11.1 Å². The highest BCUT2D eigenvalue weighted by atomic mass is 32.2. The van der Waals surface area contributed by atoms with Crippen LogP contribution in [0.4, 0.5) is 21.8 Å². The Morgan fingerprint density at radius 3 is 2.38 bits per heavy atom. The number of anilines is 2. The summed E-state index contributed by atoms with van der Waals surface area (Å²) in [7, 11) is -0.120. The molecule has 10 heteroatoms. The van der Waals surface area contributed by atoms with Crippen LogP contribution in [0.2, 0.25) is 0 Å². The summed E-state index contributed by atoms with van der Waals surface area (Å²) in [5, 5.41) is 3.67. The van der Waals surface area contributed by atoms with Gasteiger partial charge in [0, 0.05) is 52.1 Å². The van der Waals surface area contributed by atoms with Gasteiger partial charge in [-0.05, 0) is 81.3 Å². The van der Waals surface area contributed by atoms with E-state index in [0.29, 0.717) is 52.3 Å². The standard InChI is InChI=1S/C30H34FN7OS/c1-37-22-13-14-23(37)16-20(15-22)18-9-11-21(12-10-18)33-30-32-17-24-27(31)28(19-7-8-19)38(29(24)35-30)26-6-4-5-25(34-26)36-40(2,3)39/h4-6,9-12,17,19-20,22-23H,7-8,13-16H2,1-3H3,(H,32,33,35). The van der Waals surface area contributed by atoms with E-state index in [2.05, 4.69) is 55.9 Å². The van der Waals surface area contributed by atoms with E-state index < -0.39 is 9.73 Å². The number of hydrogen-bond donors (Lipinski definition) is 1. The second kappa shape index (κ2) is 9.62. The number of hydrogen-bond acceptors (Lipinski definition) is 7. The molecule has 7 rings (SSSR count). The van der Waals surface area contributed by atoms with E-state index in [1.807, 2.05) is 0 Å². The number of nitrogens with one attached hydrogen (secondary N) is 1. The average molecular weight is 560 g/mol. The molecule has 3 aliphatic rings. The molecule has 1 aliphatic carbocycles. The molecule has 1 N–H and O–H groups in total. The molecule has 0 spiro atoms. The topological polar surface area (TPSA) is 88.3 Å². The number of halogens is 1. The summed E-state index contributed by atoms with van der Waals surface area (Å²) in [6.07, 6.45) is 11.6. The number of aromatic nitrogens is 4. The Kier molecular flexibility index (Phi) is 6.16. The highest BCUT2D eigenvalue weighted by Crippen LogP contribution is 2.45. The number of nitrogens with zero attached hydrogens (tertiary/aromatic N) is 6. The fraction of sp³-hybridized carbons (Fsp3) is 0.433. The summed E-state index contributed by atoms with van der Waals surface area (Å²) in [5.41, 5.74) is 3.29. The molecule has 5 heterocycles. The third-order valence-electron chi connectivity index (χ3n) is 8.65. The van der Waals surface area contributed by atoms with Gasteiger partial charge in [-0.15, -0.1) is 0 Å². The maximum atomic E-state index is 15.7. The van der Waals surface area contributed by atoms with Crippen molar-refractivity contribution in [3.8, 4) is 5.82 Å². The molecule has 4 aromatic rings. The second-order valence-corrected chi connectivity index (χ2v) is 14.4. The third-order valence-corrected chi connectivity index (χ3v) is 9.27. The molecule has 208 valence electrons. The Morgan fingerprint density at radius 1 is 0.975 bits per heavy atom. The lowest BCUT2D eigenvalue weighted by Gasteiger charge is -2.36. The molecule has 3 fully saturated rings. The van der Waals surface area contributed by atoms with Gasteiger partial charge >= 0.3 is 0 Å². The van der Waals surface area contributed by atoms with Gasteiger partial charge in [0.25, 0.3) is 0 Å². The molecule has 0 radical (unpaired) electrons. The van der Waals surface area contributed by atoms with Crippen molar-refractivity contribution in [1.29, 1.82) is 0 Å². The van der Waals surface area contributed by atoms with Crippen LogP contribution in [0.3, 0.4) is 0 Å². The zero-order chi connectivity index (χ0) is 27.6. The summed E-state index contributed by atoms with van der Waals surface area (Å²) in [6.45, 7) is 0. The van der Waals surface area contributed by atoms with Crippen LogP contribution < -0.4 is 5.32 Å². The molecule has 2 unspecified atom stereocenters. The van der Waals surface area contributed by atoms with Crippen LogP contribution in [-0.2, 0) is 9.73 Å². The summed E-state index contributed by atoms with van der Waals surface area (Å²) in [5.74, 6) is 1.65. The van der Waals surface area contributed by atoms with Crippen molar-refractivity contribution in [3.63, 3.8) is 0 Å². The van der Waals surface area contributed by atoms with E-state index >= 15 is 4.39 Å². The highest BCUT2D eigenvalue weighted by molar-refractivity contribution is 7.92. The number of pyridine rings is 1. The fourth-order valence-corrected chi connectivity index (χ4v) is 7.08. The van der Waals surface area contributed by atoms with Gasteiger partial charge in [-0.25, -0.2) is 18.6 Å². The van der Waals surface area contributed by atoms with Crippen LogP contribution in [0.5, 0.6) is 0 Å². The van der Waals surface area contributed by atoms with Gasteiger partial charge < -0.3 is 10.2 Å². The molecule has 2 bridgehead atoms. The zero-order valence-electron chi connectivity index (χ0n) is 23.0. The minimum absolute atomic E-state index is 0.108. The molecule has 40 heavy (non-hydrogen) atoms. The lowest BCUT2D eigenvalue weighted by molar-refractivity contribution is 0.161. The van der Waals surface area contributed by atoms with Crippen molar-refractivity contribution in [2.45, 2.75) is 62.4 Å². The van der Waals surface area contributed by atoms with E-state index in [4.69, 9.17) is 4.98 Å². The summed E-state index contributed by atoms with van der Waals surface area (Å²) >= 11 is 0. The van der Waals surface area contributed by atoms with Gasteiger partial charge in [-0.1, -0.05) is 18.2 Å². The van der Waals surface area contributed by atoms with Crippen LogP contribution >= 0.6 is 0 Å². The fourth-order valence-electron chi connectivity index (χ4n) is 6.52. The first-order valence-electron chi connectivity index (χ1n) is 14.0. The van der Waals surface area contributed by atoms with Crippen LogP contribution in [0.1, 0.15) is 61.6 Å². The normalized spacial score (nSPS) is 23.1. The Hall–Kier alpha value is -3.37. The quantitative estimate of drug-likeness (QED) is 0.299. The second-order valence-electron chi connectivity index (χ2n) is 11.8. The predicted molar refractivity (Wildman–Crippen MR) is 157 cm³/mol. The number of rotatable bonds is 6. The van der Waals surface area contributed by atoms with Crippen LogP contribution in [0.15, 0.2) is 53.0 Å². The van der Waals surface area contributed by atoms with Gasteiger partial charge in [-0.2, -0.15) is 9.35 Å². The van der Waals surface area contributed by atoms with Gasteiger partial charge in [0.1, 0.15) is 5.82 Å². The predicted octanol–water partition coefficient (Wildman–Crippen LogP) is 6.27. The molecular formula is C30H34FN7OS. The molecular weight excluding hydrogens is 525 g/mol. The maximum Gasteiger partial charge on any atom is 0.229 e. The SMILES string of the molecule is CN1C2CCC1CC(c1ccc(Nc3ncc4c(F)c(C5CC5)n(-c5cccc(N=S(C)(C)=O)n5)c4n3)cc1)C2. The van der Waals surface area contributed by atoms with E-state index in [9.17, 15) is 4.21 Å². The summed E-state index contributed by atoms with van der Waals surface area (Å²) in [6, 6.07) is 15.3. The van der Waals surface area contributed by atoms with Crippen molar-refractivity contribution >= 4 is 38.2 Å². The zero-order valence-corrected chi connectivity index (χ0v) is 23.9. The Labute approximate surface area is 234 Å². The first-order valence-corrected chi connectivity index (χ1v) is 16.4. The van der Waals surface area contributed by atoms with E-state index in [0.717, 1.165) is 18.5 Å². The van der Waals surface area contributed by atoms with Crippen LogP contribution in [0.25, 0.3) is 16.9 Å². The first-order chi connectivity index (χ1) is 19.2. The Bertz CT molecular complexity index is 1700. The maximum absolute atomic E-state index is 15.7. The van der Waals surface area contributed by atoms with Crippen molar-refractivity contribution in [2.24, 2.45) is 4.36 Å². The molecule has 8 nitrogen and oxygen atoms in total. The van der Waals surface area contributed by atoms with Crippen LogP contribution in [0, 0.1) is 5.82 Å². The molecule has 3 aromatic heterocycles. The lowest BCUT2D eigenvalue weighted by atomic mass is 9.85. The molecule has 0 amide bonds. The monoisotopic (exact) mass is 559 g/mol. The van der Waals surface area contributed by atoms with Crippen molar-refractivity contribution < 1.29 is 8.60 Å². The summed E-state index contributed by atoms with van der Waals surface area (Å²) < 4.78 is 34.0. The number of piperidine rings is 1. The number of benzene rings is 1. The molecule has 1 saturated carbocycles. The molecule has 1 aromatic carbocycles. The minimum Gasteiger partial charge on any atom is -0.324 e. The van der Waals surface area contributed by atoms with E-state index in [1.165, 1.54) is 31.2 Å². The van der Waals surface area contributed by atoms with E-state index in [-0.39, 0.29) is 11.7 Å². The Morgan fingerprint density at radius 2 is 1.70 bits per heavy atom. The molecule has 2 atom stereocenters. The molecule has 2 saturated heterocycles. The Balaban J connectivity index is 1.21. The van der Waals surface area contributed by atoms with Crippen molar-refractivity contribution in [1.82, 2.24) is 24.4 Å². The van der Waals surface area contributed by atoms with Crippen molar-refractivity contribution in [3.05, 3.63) is 65.7 Å². The van der Waals surface area contributed by atoms with Crippen molar-refractivity contribution in [2.75, 3.05) is 24.9 Å². The summed E-state index contributed by atoms with van der Waals surface area (Å²) in [4.78, 5) is 16.4. The third kappa shape index (κ3) is 4.77. The van der Waals surface area contributed by atoms with Crippen LogP contribution in [-0.4, -0.2) is 60.3 Å².